The molecule has 0 spiro atoms. The lowest BCUT2D eigenvalue weighted by Crippen LogP contribution is -2.08. The van der Waals surface area contributed by atoms with Crippen molar-refractivity contribution in [2.75, 3.05) is 24.7 Å². The average Bonchev–Trinajstić information content (AvgIpc) is 2.43. The summed E-state index contributed by atoms with van der Waals surface area (Å²) < 4.78 is 5.32. The minimum atomic E-state index is 0.718. The predicted octanol–water partition coefficient (Wildman–Crippen LogP) is 2.64. The van der Waals surface area contributed by atoms with Crippen LogP contribution in [0, 0.1) is 6.92 Å². The number of nitrogens with one attached hydrogen (secondary N) is 1. The molecule has 2 aromatic rings. The molecule has 0 atom stereocenters. The summed E-state index contributed by atoms with van der Waals surface area (Å²) in [5, 5.41) is 3.29. The van der Waals surface area contributed by atoms with Gasteiger partial charge in [-0.2, -0.15) is 0 Å². The van der Waals surface area contributed by atoms with E-state index in [2.05, 4.69) is 16.4 Å². The highest BCUT2D eigenvalue weighted by atomic mass is 16.5. The molecule has 1 heterocycles. The van der Waals surface area contributed by atoms with E-state index in [1.807, 2.05) is 37.3 Å². The average molecular weight is 257 g/mol. The second kappa shape index (κ2) is 6.09. The van der Waals surface area contributed by atoms with E-state index in [-0.39, 0.29) is 0 Å². The van der Waals surface area contributed by atoms with Gasteiger partial charge in [-0.3, -0.25) is 0 Å². The van der Waals surface area contributed by atoms with Gasteiger partial charge in [0.1, 0.15) is 11.6 Å². The topological polar surface area (TPSA) is 60.2 Å². The Bertz CT molecular complexity index is 555. The molecule has 4 nitrogen and oxygen atoms in total. The molecule has 19 heavy (non-hydrogen) atoms. The van der Waals surface area contributed by atoms with Crippen LogP contribution in [0.25, 0.3) is 0 Å². The number of methoxy groups -OCH3 is 1. The predicted molar refractivity (Wildman–Crippen MR) is 78.6 cm³/mol. The Morgan fingerprint density at radius 3 is 2.74 bits per heavy atom. The SMILES string of the molecule is COc1ccccc1CCNc1ccc(N)c(C)n1. The highest BCUT2D eigenvalue weighted by Gasteiger charge is 2.02. The lowest BCUT2D eigenvalue weighted by molar-refractivity contribution is 0.410. The zero-order valence-electron chi connectivity index (χ0n) is 11.3. The molecule has 0 aliphatic carbocycles. The van der Waals surface area contributed by atoms with Crippen molar-refractivity contribution < 1.29 is 4.74 Å². The zero-order valence-corrected chi connectivity index (χ0v) is 11.3. The number of nitrogen functional groups attached to an aromatic ring is 1. The van der Waals surface area contributed by atoms with Gasteiger partial charge in [0.15, 0.2) is 0 Å². The van der Waals surface area contributed by atoms with Crippen LogP contribution in [0.2, 0.25) is 0 Å². The van der Waals surface area contributed by atoms with Gasteiger partial charge in [0.05, 0.1) is 18.5 Å². The molecule has 0 aliphatic heterocycles. The number of anilines is 2. The van der Waals surface area contributed by atoms with Gasteiger partial charge in [-0.05, 0) is 37.1 Å². The van der Waals surface area contributed by atoms with Crippen LogP contribution >= 0.6 is 0 Å². The van der Waals surface area contributed by atoms with E-state index in [4.69, 9.17) is 10.5 Å². The third-order valence-corrected chi connectivity index (χ3v) is 3.02. The van der Waals surface area contributed by atoms with E-state index in [9.17, 15) is 0 Å². The van der Waals surface area contributed by atoms with Crippen LogP contribution in [0.4, 0.5) is 11.5 Å². The van der Waals surface area contributed by atoms with Crippen molar-refractivity contribution in [1.82, 2.24) is 4.98 Å². The Labute approximate surface area is 113 Å². The monoisotopic (exact) mass is 257 g/mol. The second-order valence-corrected chi connectivity index (χ2v) is 4.36. The Morgan fingerprint density at radius 2 is 2.00 bits per heavy atom. The third-order valence-electron chi connectivity index (χ3n) is 3.02. The summed E-state index contributed by atoms with van der Waals surface area (Å²) in [6.07, 6.45) is 0.884. The molecular weight excluding hydrogens is 238 g/mol. The number of aromatic nitrogens is 1. The maximum absolute atomic E-state index is 5.74. The minimum absolute atomic E-state index is 0.718. The first-order chi connectivity index (χ1) is 9.20. The molecule has 100 valence electrons. The number of pyridine rings is 1. The molecule has 3 N–H and O–H groups in total. The zero-order chi connectivity index (χ0) is 13.7. The quantitative estimate of drug-likeness (QED) is 0.864. The molecule has 4 heteroatoms. The van der Waals surface area contributed by atoms with Crippen LogP contribution in [-0.4, -0.2) is 18.6 Å². The number of aryl methyl sites for hydroxylation is 1. The smallest absolute Gasteiger partial charge is 0.126 e. The summed E-state index contributed by atoms with van der Waals surface area (Å²) in [7, 11) is 1.69. The lowest BCUT2D eigenvalue weighted by atomic mass is 10.1. The summed E-state index contributed by atoms with van der Waals surface area (Å²) in [6, 6.07) is 11.8. The third kappa shape index (κ3) is 3.37. The van der Waals surface area contributed by atoms with E-state index in [1.54, 1.807) is 7.11 Å². The molecule has 0 aliphatic rings. The van der Waals surface area contributed by atoms with Crippen molar-refractivity contribution in [3.8, 4) is 5.75 Å². The molecule has 0 fully saturated rings. The fraction of sp³-hybridized carbons (Fsp3) is 0.267. The molecular formula is C15H19N3O. The molecule has 0 saturated carbocycles. The van der Waals surface area contributed by atoms with Gasteiger partial charge in [-0.25, -0.2) is 4.98 Å². The van der Waals surface area contributed by atoms with E-state index >= 15 is 0 Å². The van der Waals surface area contributed by atoms with Crippen LogP contribution < -0.4 is 15.8 Å². The highest BCUT2D eigenvalue weighted by molar-refractivity contribution is 5.49. The number of hydrogen-bond donors (Lipinski definition) is 2. The maximum atomic E-state index is 5.74. The number of para-hydroxylation sites is 1. The van der Waals surface area contributed by atoms with Crippen molar-refractivity contribution in [3.63, 3.8) is 0 Å². The van der Waals surface area contributed by atoms with Crippen molar-refractivity contribution in [2.45, 2.75) is 13.3 Å². The molecule has 1 aromatic heterocycles. The van der Waals surface area contributed by atoms with E-state index < -0.39 is 0 Å². The van der Waals surface area contributed by atoms with E-state index in [0.717, 1.165) is 35.9 Å². The number of nitrogens with zero attached hydrogens (tertiary/aromatic N) is 1. The van der Waals surface area contributed by atoms with Crippen LogP contribution in [0.15, 0.2) is 36.4 Å². The Kier molecular flexibility index (Phi) is 4.23. The fourth-order valence-corrected chi connectivity index (χ4v) is 1.91. The fourth-order valence-electron chi connectivity index (χ4n) is 1.91. The number of hydrogen-bond acceptors (Lipinski definition) is 4. The minimum Gasteiger partial charge on any atom is -0.496 e. The van der Waals surface area contributed by atoms with E-state index in [1.165, 1.54) is 5.56 Å². The standard InChI is InChI=1S/C15H19N3O/c1-11-13(16)7-8-15(18-11)17-10-9-12-5-3-4-6-14(12)19-2/h3-8H,9-10,16H2,1-2H3,(H,17,18). The second-order valence-electron chi connectivity index (χ2n) is 4.36. The molecule has 0 radical (unpaired) electrons. The van der Waals surface area contributed by atoms with Crippen molar-refractivity contribution in [1.29, 1.82) is 0 Å². The lowest BCUT2D eigenvalue weighted by Gasteiger charge is -2.10. The first-order valence-corrected chi connectivity index (χ1v) is 6.29. The van der Waals surface area contributed by atoms with Crippen LogP contribution in [0.3, 0.4) is 0 Å². The normalized spacial score (nSPS) is 10.2. The van der Waals surface area contributed by atoms with Gasteiger partial charge in [0, 0.05) is 6.54 Å². The summed E-state index contributed by atoms with van der Waals surface area (Å²) in [4.78, 5) is 4.38. The van der Waals surface area contributed by atoms with Gasteiger partial charge in [0.25, 0.3) is 0 Å². The first-order valence-electron chi connectivity index (χ1n) is 6.29. The summed E-state index contributed by atoms with van der Waals surface area (Å²) in [5.74, 6) is 1.77. The number of nitrogens with two attached hydrogens (primary N) is 1. The number of benzene rings is 1. The molecule has 0 saturated heterocycles. The van der Waals surface area contributed by atoms with Crippen LogP contribution in [0.5, 0.6) is 5.75 Å². The van der Waals surface area contributed by atoms with Crippen molar-refractivity contribution in [2.24, 2.45) is 0 Å². The summed E-state index contributed by atoms with van der Waals surface area (Å²) in [6.45, 7) is 2.71. The van der Waals surface area contributed by atoms with Gasteiger partial charge >= 0.3 is 0 Å². The molecule has 0 unspecified atom stereocenters. The molecule has 1 aromatic carbocycles. The van der Waals surface area contributed by atoms with E-state index in [0.29, 0.717) is 0 Å². The van der Waals surface area contributed by atoms with Crippen molar-refractivity contribution >= 4 is 11.5 Å². The summed E-state index contributed by atoms with van der Waals surface area (Å²) in [5.41, 5.74) is 8.49. The van der Waals surface area contributed by atoms with Gasteiger partial charge in [-0.1, -0.05) is 18.2 Å². The summed E-state index contributed by atoms with van der Waals surface area (Å²) >= 11 is 0. The number of rotatable bonds is 5. The van der Waals surface area contributed by atoms with Gasteiger partial charge in [-0.15, -0.1) is 0 Å². The van der Waals surface area contributed by atoms with Gasteiger partial charge < -0.3 is 15.8 Å². The highest BCUT2D eigenvalue weighted by Crippen LogP contribution is 2.18. The number of ether oxygens (including phenoxy) is 1. The Hall–Kier alpha value is -2.23. The molecule has 0 amide bonds. The molecule has 2 rings (SSSR count). The van der Waals surface area contributed by atoms with Crippen LogP contribution in [-0.2, 0) is 6.42 Å². The van der Waals surface area contributed by atoms with Crippen LogP contribution in [0.1, 0.15) is 11.3 Å². The first kappa shape index (κ1) is 13.2. The Balaban J connectivity index is 1.94. The Morgan fingerprint density at radius 1 is 1.21 bits per heavy atom. The van der Waals surface area contributed by atoms with Crippen molar-refractivity contribution in [3.05, 3.63) is 47.7 Å². The largest absolute Gasteiger partial charge is 0.496 e. The molecule has 0 bridgehead atoms. The van der Waals surface area contributed by atoms with Gasteiger partial charge in [0.2, 0.25) is 0 Å². The maximum Gasteiger partial charge on any atom is 0.126 e.